The van der Waals surface area contributed by atoms with Gasteiger partial charge in [-0.2, -0.15) is 0 Å². The van der Waals surface area contributed by atoms with Gasteiger partial charge in [0.05, 0.1) is 0 Å². The van der Waals surface area contributed by atoms with Gasteiger partial charge in [0.2, 0.25) is 0 Å². The van der Waals surface area contributed by atoms with Crippen LogP contribution in [0.3, 0.4) is 0 Å². The highest BCUT2D eigenvalue weighted by Crippen LogP contribution is 1.88. The molecule has 0 atom stereocenters. The number of hydrogen-bond donors (Lipinski definition) is 1. The van der Waals surface area contributed by atoms with Gasteiger partial charge in [0.25, 0.3) is 0 Å². The van der Waals surface area contributed by atoms with Crippen molar-refractivity contribution in [1.29, 1.82) is 0 Å². The summed E-state index contributed by atoms with van der Waals surface area (Å²) in [5.74, 6) is 0. The Morgan fingerprint density at radius 3 is 2.38 bits per heavy atom. The Morgan fingerprint density at radius 2 is 2.25 bits per heavy atom. The summed E-state index contributed by atoms with van der Waals surface area (Å²) in [6, 6.07) is 0. The number of aliphatic imine (C=N–C) groups is 1. The largest absolute Gasteiger partial charge is 0.379 e. The molecule has 0 aliphatic rings. The molecule has 0 fully saturated rings. The third-order valence-corrected chi connectivity index (χ3v) is 1.07. The summed E-state index contributed by atoms with van der Waals surface area (Å²) in [7, 11) is 0. The predicted molar refractivity (Wildman–Crippen MR) is 51.1 cm³/mol. The van der Waals surface area contributed by atoms with Crippen LogP contribution in [-0.2, 0) is 0 Å². The lowest BCUT2D eigenvalue weighted by atomic mass is 10.8. The Labute approximate surface area is 71.3 Å². The summed E-state index contributed by atoms with van der Waals surface area (Å²) in [5, 5.41) is 0.669. The number of thioether (sulfide) groups is 1. The van der Waals surface area contributed by atoms with E-state index < -0.39 is 0 Å². The van der Waals surface area contributed by atoms with Gasteiger partial charge in [-0.1, -0.05) is 11.8 Å². The molecule has 0 bridgehead atoms. The summed E-state index contributed by atoms with van der Waals surface area (Å²) in [6.07, 6.45) is 1.91. The molecule has 2 N–H and O–H groups in total. The van der Waals surface area contributed by atoms with Crippen LogP contribution in [0.5, 0.6) is 0 Å². The first-order valence-electron chi connectivity index (χ1n) is 2.15. The molecule has 0 saturated carbocycles. The molecule has 0 radical (unpaired) electrons. The lowest BCUT2D eigenvalue weighted by molar-refractivity contribution is 1.13. The van der Waals surface area contributed by atoms with Gasteiger partial charge in [0.1, 0.15) is 0 Å². The van der Waals surface area contributed by atoms with Gasteiger partial charge in [-0.15, -0.1) is 24.0 Å². The molecule has 0 aromatic heterocycles. The number of nitrogens with two attached hydrogens (primary N) is 1. The van der Waals surface area contributed by atoms with E-state index in [2.05, 4.69) is 4.99 Å². The van der Waals surface area contributed by atoms with Crippen molar-refractivity contribution in [2.45, 2.75) is 6.92 Å². The van der Waals surface area contributed by atoms with Crippen LogP contribution in [-0.4, -0.2) is 18.0 Å². The van der Waals surface area contributed by atoms with E-state index in [-0.39, 0.29) is 24.0 Å². The van der Waals surface area contributed by atoms with Gasteiger partial charge in [0, 0.05) is 6.54 Å². The standard InChI is InChI=1S/C4H10N2S.HI/c1-3-6-4(5)7-2;/h3H2,1-2H3,(H2,5,6);1H. The van der Waals surface area contributed by atoms with Crippen molar-refractivity contribution >= 4 is 40.9 Å². The third kappa shape index (κ3) is 6.55. The zero-order valence-electron chi connectivity index (χ0n) is 5.05. The van der Waals surface area contributed by atoms with Crippen molar-refractivity contribution in [3.8, 4) is 0 Å². The predicted octanol–water partition coefficient (Wildman–Crippen LogP) is 1.30. The minimum Gasteiger partial charge on any atom is -0.379 e. The van der Waals surface area contributed by atoms with Crippen molar-refractivity contribution in [2.24, 2.45) is 10.7 Å². The molecule has 0 saturated heterocycles. The number of rotatable bonds is 1. The summed E-state index contributed by atoms with van der Waals surface area (Å²) >= 11 is 1.48. The van der Waals surface area contributed by atoms with Crippen LogP contribution in [0.4, 0.5) is 0 Å². The highest BCUT2D eigenvalue weighted by atomic mass is 127. The van der Waals surface area contributed by atoms with Crippen molar-refractivity contribution in [3.63, 3.8) is 0 Å². The summed E-state index contributed by atoms with van der Waals surface area (Å²) in [6.45, 7) is 2.75. The maximum Gasteiger partial charge on any atom is 0.153 e. The lowest BCUT2D eigenvalue weighted by Crippen LogP contribution is -2.05. The van der Waals surface area contributed by atoms with Crippen molar-refractivity contribution in [2.75, 3.05) is 12.8 Å². The molecule has 4 heteroatoms. The highest BCUT2D eigenvalue weighted by molar-refractivity contribution is 14.0. The van der Waals surface area contributed by atoms with Crippen molar-refractivity contribution in [3.05, 3.63) is 0 Å². The quantitative estimate of drug-likeness (QED) is 0.430. The average molecular weight is 246 g/mol. The molecule has 0 unspecified atom stereocenters. The first-order valence-corrected chi connectivity index (χ1v) is 3.37. The fraction of sp³-hybridized carbons (Fsp3) is 0.750. The molecule has 0 rings (SSSR count). The van der Waals surface area contributed by atoms with Gasteiger partial charge in [-0.05, 0) is 13.2 Å². The minimum atomic E-state index is 0. The Bertz CT molecular complexity index is 74.4. The number of hydrogen-bond acceptors (Lipinski definition) is 2. The molecule has 50 valence electrons. The zero-order chi connectivity index (χ0) is 5.70. The van der Waals surface area contributed by atoms with Gasteiger partial charge < -0.3 is 5.73 Å². The molecule has 0 aliphatic heterocycles. The second-order valence-corrected chi connectivity index (χ2v) is 1.84. The molecular weight excluding hydrogens is 235 g/mol. The molecule has 0 aromatic carbocycles. The normalized spacial score (nSPS) is 10.5. The molecule has 8 heavy (non-hydrogen) atoms. The Morgan fingerprint density at radius 1 is 1.75 bits per heavy atom. The van der Waals surface area contributed by atoms with Gasteiger partial charge in [-0.3, -0.25) is 4.99 Å². The maximum atomic E-state index is 5.30. The Balaban J connectivity index is 0. The number of nitrogens with zero attached hydrogens (tertiary/aromatic N) is 1. The van der Waals surface area contributed by atoms with E-state index in [1.807, 2.05) is 13.2 Å². The highest BCUT2D eigenvalue weighted by Gasteiger charge is 1.79. The first kappa shape index (κ1) is 11.4. The van der Waals surface area contributed by atoms with Crippen LogP contribution in [0.25, 0.3) is 0 Å². The fourth-order valence-corrected chi connectivity index (χ4v) is 0.479. The monoisotopic (exact) mass is 246 g/mol. The maximum absolute atomic E-state index is 5.30. The van der Waals surface area contributed by atoms with Crippen LogP contribution >= 0.6 is 35.7 Å². The molecule has 2 nitrogen and oxygen atoms in total. The molecule has 0 aliphatic carbocycles. The minimum absolute atomic E-state index is 0. The van der Waals surface area contributed by atoms with E-state index in [1.165, 1.54) is 11.8 Å². The SMILES string of the molecule is CCN=C(N)SC.I. The second kappa shape index (κ2) is 7.55. The first-order chi connectivity index (χ1) is 3.31. The van der Waals surface area contributed by atoms with Crippen LogP contribution in [0.15, 0.2) is 4.99 Å². The molecular formula is C4H11IN2S. The summed E-state index contributed by atoms with van der Waals surface area (Å²) in [4.78, 5) is 3.90. The molecule has 0 heterocycles. The molecule has 0 spiro atoms. The summed E-state index contributed by atoms with van der Waals surface area (Å²) < 4.78 is 0. The number of amidine groups is 1. The zero-order valence-corrected chi connectivity index (χ0v) is 8.20. The molecule has 0 aromatic rings. The van der Waals surface area contributed by atoms with E-state index in [1.54, 1.807) is 0 Å². The lowest BCUT2D eigenvalue weighted by Gasteiger charge is -1.88. The van der Waals surface area contributed by atoms with Crippen LogP contribution in [0.1, 0.15) is 6.92 Å². The van der Waals surface area contributed by atoms with E-state index in [0.717, 1.165) is 6.54 Å². The van der Waals surface area contributed by atoms with Crippen LogP contribution < -0.4 is 5.73 Å². The van der Waals surface area contributed by atoms with Crippen LogP contribution in [0.2, 0.25) is 0 Å². The van der Waals surface area contributed by atoms with Crippen LogP contribution in [0, 0.1) is 0 Å². The van der Waals surface area contributed by atoms with Gasteiger partial charge in [-0.25, -0.2) is 0 Å². The smallest absolute Gasteiger partial charge is 0.153 e. The van der Waals surface area contributed by atoms with E-state index >= 15 is 0 Å². The average Bonchev–Trinajstić information content (AvgIpc) is 1.68. The van der Waals surface area contributed by atoms with Crippen molar-refractivity contribution in [1.82, 2.24) is 0 Å². The second-order valence-electron chi connectivity index (χ2n) is 1.02. The number of halogens is 1. The van der Waals surface area contributed by atoms with Gasteiger partial charge in [0.15, 0.2) is 5.17 Å². The molecule has 0 amide bonds. The topological polar surface area (TPSA) is 38.4 Å². The Kier molecular flexibility index (Phi) is 10.7. The van der Waals surface area contributed by atoms with E-state index in [4.69, 9.17) is 5.73 Å². The third-order valence-electron chi connectivity index (χ3n) is 0.523. The van der Waals surface area contributed by atoms with Gasteiger partial charge >= 0.3 is 0 Å². The van der Waals surface area contributed by atoms with E-state index in [0.29, 0.717) is 5.17 Å². The van der Waals surface area contributed by atoms with E-state index in [9.17, 15) is 0 Å². The van der Waals surface area contributed by atoms with Crippen molar-refractivity contribution < 1.29 is 0 Å². The summed E-state index contributed by atoms with van der Waals surface area (Å²) in [5.41, 5.74) is 5.30. The Hall–Kier alpha value is 0.550. The fourth-order valence-electron chi connectivity index (χ4n) is 0.220.